The average Bonchev–Trinajstić information content (AvgIpc) is 2.48. The molecule has 0 bridgehead atoms. The zero-order valence-corrected chi connectivity index (χ0v) is 12.6. The number of nitrogens with one attached hydrogen (secondary N) is 1. The minimum absolute atomic E-state index is 0.125. The summed E-state index contributed by atoms with van der Waals surface area (Å²) in [4.78, 5) is 22.0. The van der Waals surface area contributed by atoms with Crippen LogP contribution in [0.2, 0.25) is 0 Å². The molecular weight excluding hydrogens is 302 g/mol. The number of amides is 1. The summed E-state index contributed by atoms with van der Waals surface area (Å²) in [6.45, 7) is 0. The van der Waals surface area contributed by atoms with E-state index in [-0.39, 0.29) is 18.7 Å². The molecule has 0 aliphatic heterocycles. The number of carboxylic acids is 1. The van der Waals surface area contributed by atoms with E-state index in [1.165, 1.54) is 0 Å². The van der Waals surface area contributed by atoms with Gasteiger partial charge < -0.3 is 10.4 Å². The summed E-state index contributed by atoms with van der Waals surface area (Å²) in [6, 6.07) is 17.8. The van der Waals surface area contributed by atoms with Crippen LogP contribution in [0.5, 0.6) is 0 Å². The van der Waals surface area contributed by atoms with E-state index in [1.54, 1.807) is 48.5 Å². The molecule has 0 radical (unpaired) electrons. The Labute approximate surface area is 133 Å². The van der Waals surface area contributed by atoms with E-state index < -0.39 is 10.8 Å². The van der Waals surface area contributed by atoms with Crippen LogP contribution < -0.4 is 5.32 Å². The molecule has 0 saturated heterocycles. The van der Waals surface area contributed by atoms with Crippen LogP contribution in [0.3, 0.4) is 0 Å². The van der Waals surface area contributed by atoms with E-state index in [2.05, 4.69) is 5.32 Å². The fourth-order valence-corrected chi connectivity index (χ4v) is 2.59. The summed E-state index contributed by atoms with van der Waals surface area (Å²) in [5.41, 5.74) is 1.26. The Balaban J connectivity index is 2.16. The van der Waals surface area contributed by atoms with E-state index in [9.17, 15) is 9.59 Å². The van der Waals surface area contributed by atoms with Crippen molar-refractivity contribution >= 4 is 29.2 Å². The summed E-state index contributed by atoms with van der Waals surface area (Å²) >= 11 is 6.48. The number of carboxylic acid groups (broad SMARTS) is 1. The Hall–Kier alpha value is -2.33. The molecule has 5 heteroatoms. The Morgan fingerprint density at radius 1 is 0.955 bits per heavy atom. The van der Waals surface area contributed by atoms with Crippen molar-refractivity contribution < 1.29 is 14.7 Å². The number of carbonyl (C=O) groups is 2. The highest BCUT2D eigenvalue weighted by molar-refractivity contribution is 6.26. The predicted molar refractivity (Wildman–Crippen MR) is 85.9 cm³/mol. The Morgan fingerprint density at radius 3 is 2.05 bits per heavy atom. The molecule has 2 N–H and O–H groups in total. The van der Waals surface area contributed by atoms with Gasteiger partial charge in [0.15, 0.2) is 0 Å². The Morgan fingerprint density at radius 2 is 1.50 bits per heavy atom. The fourth-order valence-electron chi connectivity index (χ4n) is 2.22. The molecule has 2 rings (SSSR count). The highest BCUT2D eigenvalue weighted by Gasteiger charge is 2.35. The molecule has 4 nitrogen and oxygen atoms in total. The van der Waals surface area contributed by atoms with Crippen LogP contribution in [-0.4, -0.2) is 17.0 Å². The second kappa shape index (κ2) is 7.09. The van der Waals surface area contributed by atoms with Gasteiger partial charge in [0.2, 0.25) is 5.91 Å². The third kappa shape index (κ3) is 4.33. The summed E-state index contributed by atoms with van der Waals surface area (Å²) in [6.07, 6.45) is -0.458. The monoisotopic (exact) mass is 317 g/mol. The van der Waals surface area contributed by atoms with E-state index in [1.807, 2.05) is 12.1 Å². The number of halogens is 1. The van der Waals surface area contributed by atoms with Crippen LogP contribution in [0.4, 0.5) is 5.69 Å². The largest absolute Gasteiger partial charge is 0.481 e. The van der Waals surface area contributed by atoms with Crippen molar-refractivity contribution in [2.75, 3.05) is 5.32 Å². The Bertz CT molecular complexity index is 645. The van der Waals surface area contributed by atoms with E-state index in [0.717, 1.165) is 0 Å². The second-order valence-electron chi connectivity index (χ2n) is 4.99. The summed E-state index contributed by atoms with van der Waals surface area (Å²) in [5.74, 6) is -1.38. The summed E-state index contributed by atoms with van der Waals surface area (Å²) in [7, 11) is 0. The summed E-state index contributed by atoms with van der Waals surface area (Å²) in [5, 5.41) is 11.8. The molecule has 1 atom stereocenters. The number of anilines is 1. The molecule has 0 aliphatic carbocycles. The first-order chi connectivity index (χ1) is 10.5. The molecule has 0 spiro atoms. The van der Waals surface area contributed by atoms with Crippen LogP contribution in [0, 0.1) is 0 Å². The number of hydrogen-bond acceptors (Lipinski definition) is 2. The zero-order chi connectivity index (χ0) is 16.0. The van der Waals surface area contributed by atoms with Crippen LogP contribution in [0.15, 0.2) is 60.7 Å². The predicted octanol–water partition coefficient (Wildman–Crippen LogP) is 3.62. The van der Waals surface area contributed by atoms with Gasteiger partial charge in [-0.2, -0.15) is 0 Å². The van der Waals surface area contributed by atoms with Gasteiger partial charge in [-0.05, 0) is 17.7 Å². The average molecular weight is 318 g/mol. The number of para-hydroxylation sites is 1. The first kappa shape index (κ1) is 16.0. The molecule has 0 aliphatic rings. The highest BCUT2D eigenvalue weighted by Crippen LogP contribution is 2.36. The summed E-state index contributed by atoms with van der Waals surface area (Å²) < 4.78 is 0. The van der Waals surface area contributed by atoms with Gasteiger partial charge in [-0.25, -0.2) is 0 Å². The van der Waals surface area contributed by atoms with Crippen LogP contribution in [-0.2, 0) is 14.5 Å². The topological polar surface area (TPSA) is 66.4 Å². The Kier molecular flexibility index (Phi) is 5.17. The molecule has 1 unspecified atom stereocenters. The second-order valence-corrected chi connectivity index (χ2v) is 5.72. The van der Waals surface area contributed by atoms with Gasteiger partial charge >= 0.3 is 5.97 Å². The number of aliphatic carboxylic acids is 1. The molecule has 2 aromatic rings. The standard InChI is InChI=1S/C17H16ClNO3/c18-17(12-16(21)22,13-7-3-1-4-8-13)11-15(20)19-14-9-5-2-6-10-14/h1-10H,11-12H2,(H,19,20)(H,21,22). The first-order valence-corrected chi connectivity index (χ1v) is 7.18. The number of benzene rings is 2. The van der Waals surface area contributed by atoms with Gasteiger partial charge in [0.25, 0.3) is 0 Å². The first-order valence-electron chi connectivity index (χ1n) is 6.81. The molecule has 22 heavy (non-hydrogen) atoms. The number of carbonyl (C=O) groups excluding carboxylic acids is 1. The highest BCUT2D eigenvalue weighted by atomic mass is 35.5. The molecule has 0 heterocycles. The maximum Gasteiger partial charge on any atom is 0.305 e. The van der Waals surface area contributed by atoms with Crippen LogP contribution >= 0.6 is 11.6 Å². The maximum atomic E-state index is 12.2. The minimum Gasteiger partial charge on any atom is -0.481 e. The molecule has 0 saturated carbocycles. The van der Waals surface area contributed by atoms with Crippen LogP contribution in [0.1, 0.15) is 18.4 Å². The van der Waals surface area contributed by atoms with Gasteiger partial charge in [-0.15, -0.1) is 11.6 Å². The van der Waals surface area contributed by atoms with Crippen molar-refractivity contribution in [3.63, 3.8) is 0 Å². The van der Waals surface area contributed by atoms with Gasteiger partial charge in [-0.3, -0.25) is 9.59 Å². The van der Waals surface area contributed by atoms with Crippen molar-refractivity contribution in [1.82, 2.24) is 0 Å². The number of alkyl halides is 1. The lowest BCUT2D eigenvalue weighted by Gasteiger charge is -2.25. The van der Waals surface area contributed by atoms with Crippen molar-refractivity contribution in [1.29, 1.82) is 0 Å². The smallest absolute Gasteiger partial charge is 0.305 e. The molecule has 1 amide bonds. The third-order valence-corrected chi connectivity index (χ3v) is 3.71. The van der Waals surface area contributed by atoms with Crippen molar-refractivity contribution in [2.45, 2.75) is 17.7 Å². The normalized spacial score (nSPS) is 13.1. The lowest BCUT2D eigenvalue weighted by molar-refractivity contribution is -0.137. The van der Waals surface area contributed by atoms with Crippen molar-refractivity contribution in [3.05, 3.63) is 66.2 Å². The quantitative estimate of drug-likeness (QED) is 0.800. The number of hydrogen-bond donors (Lipinski definition) is 2. The van der Waals surface area contributed by atoms with Gasteiger partial charge in [0.1, 0.15) is 0 Å². The van der Waals surface area contributed by atoms with Gasteiger partial charge in [-0.1, -0.05) is 48.5 Å². The molecular formula is C17H16ClNO3. The van der Waals surface area contributed by atoms with Crippen molar-refractivity contribution in [3.8, 4) is 0 Å². The van der Waals surface area contributed by atoms with Crippen LogP contribution in [0.25, 0.3) is 0 Å². The van der Waals surface area contributed by atoms with E-state index in [0.29, 0.717) is 11.3 Å². The van der Waals surface area contributed by atoms with Gasteiger partial charge in [0.05, 0.1) is 17.7 Å². The third-order valence-electron chi connectivity index (χ3n) is 3.22. The molecule has 2 aromatic carbocycles. The van der Waals surface area contributed by atoms with E-state index >= 15 is 0 Å². The zero-order valence-electron chi connectivity index (χ0n) is 11.8. The molecule has 0 fully saturated rings. The van der Waals surface area contributed by atoms with E-state index in [4.69, 9.17) is 16.7 Å². The fraction of sp³-hybridized carbons (Fsp3) is 0.176. The lowest BCUT2D eigenvalue weighted by Crippen LogP contribution is -2.29. The lowest BCUT2D eigenvalue weighted by atomic mass is 9.91. The molecule has 0 aromatic heterocycles. The minimum atomic E-state index is -1.27. The SMILES string of the molecule is O=C(O)CC(Cl)(CC(=O)Nc1ccccc1)c1ccccc1. The molecule has 114 valence electrons. The number of rotatable bonds is 6. The van der Waals surface area contributed by atoms with Crippen molar-refractivity contribution in [2.24, 2.45) is 0 Å². The maximum absolute atomic E-state index is 12.2. The van der Waals surface area contributed by atoms with Gasteiger partial charge in [0, 0.05) is 5.69 Å².